The van der Waals surface area contributed by atoms with Gasteiger partial charge in [-0.3, -0.25) is 4.79 Å². The van der Waals surface area contributed by atoms with Gasteiger partial charge in [-0.1, -0.05) is 77.6 Å². The molecule has 0 bridgehead atoms. The Kier molecular flexibility index (Phi) is 16.8. The minimum absolute atomic E-state index is 0.180. The molecule has 1 unspecified atom stereocenters. The standard InChI is InChI=1S/C29H57NO6/c1-8-9-10-13-16-19-23(31)20-17-14-11-12-15-18-21-24(30)29(34,26(33)36-28(5,6)7)22-25(32)35-27(2,3)4/h23-24,31,34H,8-22,30H2,1-7H3/t23?,24-,29-/m0/s1. The summed E-state index contributed by atoms with van der Waals surface area (Å²) in [4.78, 5) is 25.2. The molecule has 0 aromatic carbocycles. The molecular weight excluding hydrogens is 458 g/mol. The van der Waals surface area contributed by atoms with Crippen molar-refractivity contribution in [1.29, 1.82) is 0 Å². The molecule has 7 heteroatoms. The van der Waals surface area contributed by atoms with Gasteiger partial charge < -0.3 is 25.4 Å². The molecule has 0 aromatic heterocycles. The Morgan fingerprint density at radius 2 is 1.14 bits per heavy atom. The predicted octanol–water partition coefficient (Wildman–Crippen LogP) is 5.96. The number of ether oxygens (including phenoxy) is 2. The number of carbonyl (C=O) groups is 2. The van der Waals surface area contributed by atoms with Crippen molar-refractivity contribution in [2.24, 2.45) is 5.73 Å². The second kappa shape index (κ2) is 17.4. The first kappa shape index (κ1) is 34.8. The summed E-state index contributed by atoms with van der Waals surface area (Å²) in [6.45, 7) is 12.5. The summed E-state index contributed by atoms with van der Waals surface area (Å²) >= 11 is 0. The van der Waals surface area contributed by atoms with E-state index in [0.29, 0.717) is 6.42 Å². The van der Waals surface area contributed by atoms with E-state index >= 15 is 0 Å². The summed E-state index contributed by atoms with van der Waals surface area (Å²) in [7, 11) is 0. The molecule has 214 valence electrons. The third-order valence-corrected chi connectivity index (χ3v) is 6.14. The van der Waals surface area contributed by atoms with Crippen LogP contribution in [0, 0.1) is 0 Å². The summed E-state index contributed by atoms with van der Waals surface area (Å²) in [5, 5.41) is 21.3. The van der Waals surface area contributed by atoms with E-state index in [1.165, 1.54) is 25.7 Å². The molecule has 0 rings (SSSR count). The largest absolute Gasteiger partial charge is 0.460 e. The van der Waals surface area contributed by atoms with Crippen LogP contribution in [0.25, 0.3) is 0 Å². The number of aliphatic hydroxyl groups excluding tert-OH is 1. The van der Waals surface area contributed by atoms with Crippen molar-refractivity contribution in [3.8, 4) is 0 Å². The first-order valence-electron chi connectivity index (χ1n) is 14.2. The van der Waals surface area contributed by atoms with Crippen LogP contribution in [0.5, 0.6) is 0 Å². The quantitative estimate of drug-likeness (QED) is 0.143. The van der Waals surface area contributed by atoms with Crippen molar-refractivity contribution in [2.45, 2.75) is 174 Å². The second-order valence-corrected chi connectivity index (χ2v) is 12.4. The van der Waals surface area contributed by atoms with E-state index in [1.807, 2.05) is 0 Å². The number of hydrogen-bond donors (Lipinski definition) is 3. The van der Waals surface area contributed by atoms with Crippen molar-refractivity contribution in [1.82, 2.24) is 0 Å². The number of hydrogen-bond acceptors (Lipinski definition) is 7. The van der Waals surface area contributed by atoms with Gasteiger partial charge in [0.1, 0.15) is 11.2 Å². The maximum absolute atomic E-state index is 12.8. The Labute approximate surface area is 220 Å². The van der Waals surface area contributed by atoms with Crippen LogP contribution in [0.3, 0.4) is 0 Å². The van der Waals surface area contributed by atoms with Crippen molar-refractivity contribution in [3.05, 3.63) is 0 Å². The first-order chi connectivity index (χ1) is 16.6. The molecule has 0 aliphatic carbocycles. The van der Waals surface area contributed by atoms with E-state index in [-0.39, 0.29) is 6.10 Å². The van der Waals surface area contributed by atoms with E-state index < -0.39 is 41.2 Å². The zero-order chi connectivity index (χ0) is 27.8. The Morgan fingerprint density at radius 3 is 1.58 bits per heavy atom. The Balaban J connectivity index is 4.44. The van der Waals surface area contributed by atoms with E-state index in [1.54, 1.807) is 41.5 Å². The Hall–Kier alpha value is -1.18. The third kappa shape index (κ3) is 17.3. The summed E-state index contributed by atoms with van der Waals surface area (Å²) in [6, 6.07) is -0.938. The molecule has 0 amide bonds. The lowest BCUT2D eigenvalue weighted by Gasteiger charge is -2.34. The molecule has 0 radical (unpaired) electrons. The van der Waals surface area contributed by atoms with Gasteiger partial charge in [-0.2, -0.15) is 0 Å². The van der Waals surface area contributed by atoms with Crippen molar-refractivity contribution in [2.75, 3.05) is 0 Å². The molecule has 0 fully saturated rings. The minimum atomic E-state index is -2.14. The number of carbonyl (C=O) groups excluding carboxylic acids is 2. The van der Waals surface area contributed by atoms with Gasteiger partial charge in [0.2, 0.25) is 0 Å². The predicted molar refractivity (Wildman–Crippen MR) is 146 cm³/mol. The maximum Gasteiger partial charge on any atom is 0.340 e. The lowest BCUT2D eigenvalue weighted by atomic mass is 9.87. The van der Waals surface area contributed by atoms with E-state index in [2.05, 4.69) is 6.92 Å². The third-order valence-electron chi connectivity index (χ3n) is 6.14. The fourth-order valence-corrected chi connectivity index (χ4v) is 4.14. The second-order valence-electron chi connectivity index (χ2n) is 12.4. The van der Waals surface area contributed by atoms with Crippen molar-refractivity contribution in [3.63, 3.8) is 0 Å². The molecule has 36 heavy (non-hydrogen) atoms. The molecular formula is C29H57NO6. The summed E-state index contributed by atoms with van der Waals surface area (Å²) < 4.78 is 10.7. The van der Waals surface area contributed by atoms with Gasteiger partial charge in [0.15, 0.2) is 5.60 Å². The van der Waals surface area contributed by atoms with Gasteiger partial charge >= 0.3 is 11.9 Å². The molecule has 0 aliphatic heterocycles. The van der Waals surface area contributed by atoms with Crippen molar-refractivity contribution < 1.29 is 29.3 Å². The zero-order valence-electron chi connectivity index (χ0n) is 24.4. The van der Waals surface area contributed by atoms with Gasteiger partial charge in [0.25, 0.3) is 0 Å². The fourth-order valence-electron chi connectivity index (χ4n) is 4.14. The molecule has 0 aromatic rings. The molecule has 7 nitrogen and oxygen atoms in total. The van der Waals surface area contributed by atoms with E-state index in [0.717, 1.165) is 57.8 Å². The van der Waals surface area contributed by atoms with Crippen LogP contribution in [0.4, 0.5) is 0 Å². The van der Waals surface area contributed by atoms with Crippen molar-refractivity contribution >= 4 is 11.9 Å². The Morgan fingerprint density at radius 1 is 0.722 bits per heavy atom. The number of unbranched alkanes of at least 4 members (excludes halogenated alkanes) is 9. The maximum atomic E-state index is 12.8. The highest BCUT2D eigenvalue weighted by Gasteiger charge is 2.47. The molecule has 0 spiro atoms. The van der Waals surface area contributed by atoms with Crippen LogP contribution >= 0.6 is 0 Å². The van der Waals surface area contributed by atoms with Gasteiger partial charge in [-0.15, -0.1) is 0 Å². The smallest absolute Gasteiger partial charge is 0.340 e. The van der Waals surface area contributed by atoms with Gasteiger partial charge in [0.05, 0.1) is 12.5 Å². The highest BCUT2D eigenvalue weighted by Crippen LogP contribution is 2.26. The molecule has 0 saturated carbocycles. The normalized spacial score (nSPS) is 15.7. The minimum Gasteiger partial charge on any atom is -0.460 e. The van der Waals surface area contributed by atoms with Crippen LogP contribution in [-0.2, 0) is 19.1 Å². The molecule has 0 heterocycles. The average Bonchev–Trinajstić information content (AvgIpc) is 2.72. The topological polar surface area (TPSA) is 119 Å². The summed E-state index contributed by atoms with van der Waals surface area (Å²) in [6.07, 6.45) is 13.4. The average molecular weight is 516 g/mol. The van der Waals surface area contributed by atoms with E-state index in [9.17, 15) is 19.8 Å². The number of esters is 2. The summed E-state index contributed by atoms with van der Waals surface area (Å²) in [5.74, 6) is -1.58. The Bertz CT molecular complexity index is 610. The molecule has 3 atom stereocenters. The highest BCUT2D eigenvalue weighted by molar-refractivity contribution is 5.87. The fraction of sp³-hybridized carbons (Fsp3) is 0.931. The van der Waals surface area contributed by atoms with Crippen LogP contribution in [0.15, 0.2) is 0 Å². The molecule has 0 saturated heterocycles. The van der Waals surface area contributed by atoms with Crippen LogP contribution in [0.2, 0.25) is 0 Å². The number of rotatable bonds is 19. The number of aliphatic hydroxyl groups is 2. The van der Waals surface area contributed by atoms with Gasteiger partial charge in [-0.05, 0) is 60.8 Å². The number of nitrogens with two attached hydrogens (primary N) is 1. The first-order valence-corrected chi connectivity index (χ1v) is 14.2. The lowest BCUT2D eigenvalue weighted by molar-refractivity contribution is -0.187. The summed E-state index contributed by atoms with van der Waals surface area (Å²) in [5.41, 5.74) is 2.57. The van der Waals surface area contributed by atoms with Gasteiger partial charge in [-0.25, -0.2) is 4.79 Å². The molecule has 4 N–H and O–H groups in total. The van der Waals surface area contributed by atoms with Crippen LogP contribution in [0.1, 0.15) is 145 Å². The lowest BCUT2D eigenvalue weighted by Crippen LogP contribution is -2.57. The highest BCUT2D eigenvalue weighted by atomic mass is 16.6. The van der Waals surface area contributed by atoms with Crippen LogP contribution < -0.4 is 5.73 Å². The van der Waals surface area contributed by atoms with E-state index in [4.69, 9.17) is 15.2 Å². The SMILES string of the molecule is CCCCCCCC(O)CCCCCCCC[C@H](N)[C@@](O)(CC(=O)OC(C)(C)C)C(=O)OC(C)(C)C. The molecule has 0 aliphatic rings. The van der Waals surface area contributed by atoms with Crippen LogP contribution in [-0.4, -0.2) is 51.1 Å². The monoisotopic (exact) mass is 515 g/mol. The zero-order valence-corrected chi connectivity index (χ0v) is 24.4. The van der Waals surface area contributed by atoms with Gasteiger partial charge in [0, 0.05) is 6.04 Å².